The number of hydrogen-bond donors (Lipinski definition) is 2. The largest absolute Gasteiger partial charge is 0.493 e. The number of hydrogen-bond acceptors (Lipinski definition) is 9. The van der Waals surface area contributed by atoms with Crippen LogP contribution in [0.1, 0.15) is 17.1 Å². The van der Waals surface area contributed by atoms with Crippen LogP contribution >= 0.6 is 0 Å². The number of rotatable bonds is 7. The zero-order chi connectivity index (χ0) is 25.1. The third kappa shape index (κ3) is 4.83. The Balaban J connectivity index is 1.32. The van der Waals surface area contributed by atoms with Gasteiger partial charge in [-0.15, -0.1) is 0 Å². The molecule has 0 saturated carbocycles. The molecule has 2 aromatic heterocycles. The second-order valence-electron chi connectivity index (χ2n) is 8.97. The van der Waals surface area contributed by atoms with E-state index >= 15 is 0 Å². The van der Waals surface area contributed by atoms with E-state index in [0.29, 0.717) is 18.9 Å². The van der Waals surface area contributed by atoms with Crippen molar-refractivity contribution < 1.29 is 14.2 Å². The number of piperazine rings is 1. The van der Waals surface area contributed by atoms with Crippen molar-refractivity contribution in [1.29, 1.82) is 0 Å². The molecule has 2 aliphatic rings. The molecule has 0 atom stereocenters. The first-order chi connectivity index (χ1) is 17.6. The Bertz CT molecular complexity index is 1250. The number of H-pyrrole nitrogens is 2. The van der Waals surface area contributed by atoms with Crippen molar-refractivity contribution in [3.05, 3.63) is 51.7 Å². The third-order valence-electron chi connectivity index (χ3n) is 6.91. The molecule has 11 nitrogen and oxygen atoms in total. The number of aromatic amines is 2. The van der Waals surface area contributed by atoms with E-state index in [1.807, 2.05) is 12.1 Å². The molecule has 5 rings (SSSR count). The summed E-state index contributed by atoms with van der Waals surface area (Å²) in [6.07, 6.45) is 1.44. The van der Waals surface area contributed by atoms with Crippen LogP contribution in [-0.4, -0.2) is 80.8 Å². The van der Waals surface area contributed by atoms with Crippen LogP contribution < -0.4 is 29.7 Å². The minimum Gasteiger partial charge on any atom is -0.493 e. The number of fused-ring (bicyclic) bond motifs is 1. The van der Waals surface area contributed by atoms with Gasteiger partial charge in [0.15, 0.2) is 17.3 Å². The summed E-state index contributed by atoms with van der Waals surface area (Å²) in [4.78, 5) is 28.5. The Hall–Kier alpha value is -3.73. The van der Waals surface area contributed by atoms with Crippen molar-refractivity contribution in [3.63, 3.8) is 0 Å². The maximum absolute atomic E-state index is 12.1. The van der Waals surface area contributed by atoms with Crippen LogP contribution in [0.25, 0.3) is 0 Å². The summed E-state index contributed by atoms with van der Waals surface area (Å²) in [6, 6.07) is 8.10. The number of anilines is 3. The number of ether oxygens (including phenoxy) is 3. The minimum atomic E-state index is -0.0253. The highest BCUT2D eigenvalue weighted by Gasteiger charge is 2.23. The van der Waals surface area contributed by atoms with E-state index in [9.17, 15) is 4.79 Å². The normalized spacial score (nSPS) is 16.0. The fraction of sp³-hybridized carbons (Fsp3) is 0.480. The fourth-order valence-corrected chi connectivity index (χ4v) is 4.93. The highest BCUT2D eigenvalue weighted by Crippen LogP contribution is 2.32. The summed E-state index contributed by atoms with van der Waals surface area (Å²) >= 11 is 0. The van der Waals surface area contributed by atoms with Crippen LogP contribution in [0.5, 0.6) is 11.5 Å². The highest BCUT2D eigenvalue weighted by atomic mass is 16.5. The van der Waals surface area contributed by atoms with Crippen LogP contribution in [0, 0.1) is 0 Å². The monoisotopic (exact) mass is 495 g/mol. The van der Waals surface area contributed by atoms with Gasteiger partial charge < -0.3 is 34.0 Å². The lowest BCUT2D eigenvalue weighted by atomic mass is 10.2. The molecule has 1 fully saturated rings. The Labute approximate surface area is 210 Å². The molecule has 36 heavy (non-hydrogen) atoms. The van der Waals surface area contributed by atoms with Crippen LogP contribution in [0.3, 0.4) is 0 Å². The smallest absolute Gasteiger partial charge is 0.267 e. The molecule has 4 heterocycles. The molecule has 11 heteroatoms. The number of benzene rings is 1. The minimum absolute atomic E-state index is 0.0253. The number of aromatic nitrogens is 4. The average Bonchev–Trinajstić information content (AvgIpc) is 3.13. The first-order valence-corrected chi connectivity index (χ1v) is 12.2. The van der Waals surface area contributed by atoms with Crippen molar-refractivity contribution in [1.82, 2.24) is 20.2 Å². The molecule has 0 unspecified atom stereocenters. The van der Waals surface area contributed by atoms with Crippen molar-refractivity contribution in [3.8, 4) is 11.5 Å². The molecule has 2 N–H and O–H groups in total. The van der Waals surface area contributed by atoms with E-state index in [1.54, 1.807) is 21.3 Å². The molecule has 2 aliphatic heterocycles. The second kappa shape index (κ2) is 10.5. The van der Waals surface area contributed by atoms with Gasteiger partial charge in [-0.05, 0) is 18.6 Å². The first-order valence-electron chi connectivity index (χ1n) is 12.2. The zero-order valence-electron chi connectivity index (χ0n) is 21.0. The molecule has 0 amide bonds. The van der Waals surface area contributed by atoms with Gasteiger partial charge in [-0.2, -0.15) is 0 Å². The van der Waals surface area contributed by atoms with Gasteiger partial charge >= 0.3 is 0 Å². The number of nitrogens with zero attached hydrogens (tertiary/aromatic N) is 5. The fourth-order valence-electron chi connectivity index (χ4n) is 4.93. The molecule has 0 aliphatic carbocycles. The van der Waals surface area contributed by atoms with Gasteiger partial charge in [-0.25, -0.2) is 9.97 Å². The van der Waals surface area contributed by atoms with E-state index in [1.165, 1.54) is 0 Å². The lowest BCUT2D eigenvalue weighted by Crippen LogP contribution is -2.47. The van der Waals surface area contributed by atoms with Gasteiger partial charge in [0.1, 0.15) is 18.2 Å². The van der Waals surface area contributed by atoms with Gasteiger partial charge in [-0.1, -0.05) is 0 Å². The molecule has 0 bridgehead atoms. The average molecular weight is 496 g/mol. The summed E-state index contributed by atoms with van der Waals surface area (Å²) in [5, 5.41) is 5.72. The molecule has 0 spiro atoms. The third-order valence-corrected chi connectivity index (χ3v) is 6.91. The molecule has 3 aromatic rings. The van der Waals surface area contributed by atoms with Crippen LogP contribution in [0.15, 0.2) is 29.1 Å². The van der Waals surface area contributed by atoms with Gasteiger partial charge in [0.25, 0.3) is 5.56 Å². The summed E-state index contributed by atoms with van der Waals surface area (Å²) in [5.41, 5.74) is 2.91. The number of methoxy groups -OCH3 is 3. The van der Waals surface area contributed by atoms with Crippen molar-refractivity contribution >= 4 is 17.3 Å². The Morgan fingerprint density at radius 3 is 2.17 bits per heavy atom. The Morgan fingerprint density at radius 2 is 1.47 bits per heavy atom. The second-order valence-corrected chi connectivity index (χ2v) is 8.97. The van der Waals surface area contributed by atoms with Crippen LogP contribution in [0.4, 0.5) is 17.3 Å². The Morgan fingerprint density at radius 1 is 0.806 bits per heavy atom. The molecule has 0 radical (unpaired) electrons. The van der Waals surface area contributed by atoms with Crippen LogP contribution in [-0.2, 0) is 24.2 Å². The summed E-state index contributed by atoms with van der Waals surface area (Å²) in [5.74, 6) is 3.89. The van der Waals surface area contributed by atoms with Crippen molar-refractivity contribution in [2.24, 2.45) is 0 Å². The lowest BCUT2D eigenvalue weighted by Gasteiger charge is -2.37. The summed E-state index contributed by atoms with van der Waals surface area (Å²) < 4.78 is 16.2. The maximum atomic E-state index is 12.1. The SMILES string of the molecule is COCc1nc(N2CCc3[nH][nH]c(=O)c3CC2)cc(N2CCN(c3ccc(OC)c(OC)c3)CC2)n1. The Kier molecular flexibility index (Phi) is 6.99. The predicted octanol–water partition coefficient (Wildman–Crippen LogP) is 1.59. The molecule has 1 saturated heterocycles. The van der Waals surface area contributed by atoms with Gasteiger partial charge in [-0.3, -0.25) is 9.89 Å². The first kappa shape index (κ1) is 24.0. The van der Waals surface area contributed by atoms with Gasteiger partial charge in [0, 0.05) is 81.9 Å². The van der Waals surface area contributed by atoms with Crippen molar-refractivity contribution in [2.45, 2.75) is 19.4 Å². The molecular formula is C25H33N7O4. The van der Waals surface area contributed by atoms with Crippen molar-refractivity contribution in [2.75, 3.05) is 75.3 Å². The molecule has 192 valence electrons. The number of nitrogens with one attached hydrogen (secondary N) is 2. The standard InChI is InChI=1S/C25H33N7O4/c1-34-16-22-26-23(31-8-6-18-19(7-9-31)28-29-25(18)33)15-24(27-22)32-12-10-30(11-13-32)17-4-5-20(35-2)21(14-17)36-3/h4-5,14-15H,6-13,16H2,1-3H3,(H2,28,29,33). The van der Waals surface area contributed by atoms with E-state index in [0.717, 1.165) is 85.8 Å². The van der Waals surface area contributed by atoms with E-state index in [2.05, 4.69) is 37.0 Å². The van der Waals surface area contributed by atoms with E-state index in [4.69, 9.17) is 24.2 Å². The van der Waals surface area contributed by atoms with E-state index in [-0.39, 0.29) is 5.56 Å². The van der Waals surface area contributed by atoms with Gasteiger partial charge in [0.2, 0.25) is 0 Å². The highest BCUT2D eigenvalue weighted by molar-refractivity contribution is 5.58. The topological polar surface area (TPSA) is 112 Å². The quantitative estimate of drug-likeness (QED) is 0.505. The zero-order valence-corrected chi connectivity index (χ0v) is 21.0. The van der Waals surface area contributed by atoms with Crippen LogP contribution in [0.2, 0.25) is 0 Å². The lowest BCUT2D eigenvalue weighted by molar-refractivity contribution is 0.178. The van der Waals surface area contributed by atoms with E-state index < -0.39 is 0 Å². The predicted molar refractivity (Wildman–Crippen MR) is 138 cm³/mol. The maximum Gasteiger partial charge on any atom is 0.267 e. The molecular weight excluding hydrogens is 462 g/mol. The molecule has 1 aromatic carbocycles. The summed E-state index contributed by atoms with van der Waals surface area (Å²) in [7, 11) is 4.96. The van der Waals surface area contributed by atoms with Gasteiger partial charge in [0.05, 0.1) is 14.2 Å². The summed E-state index contributed by atoms with van der Waals surface area (Å²) in [6.45, 7) is 5.22.